The molecule has 16 heavy (non-hydrogen) atoms. The Bertz CT molecular complexity index is 496. The van der Waals surface area contributed by atoms with Gasteiger partial charge in [-0.25, -0.2) is 4.98 Å². The van der Waals surface area contributed by atoms with E-state index in [1.807, 2.05) is 5.38 Å². The van der Waals surface area contributed by atoms with Gasteiger partial charge in [0.1, 0.15) is 0 Å². The molecule has 2 aromatic rings. The van der Waals surface area contributed by atoms with Crippen molar-refractivity contribution in [3.63, 3.8) is 0 Å². The molecule has 84 valence electrons. The summed E-state index contributed by atoms with van der Waals surface area (Å²) in [7, 11) is 0. The minimum atomic E-state index is 0.613. The van der Waals surface area contributed by atoms with Crippen LogP contribution in [-0.4, -0.2) is 4.98 Å². The molecule has 1 heterocycles. The first-order chi connectivity index (χ1) is 7.65. The van der Waals surface area contributed by atoms with E-state index in [1.165, 1.54) is 16.9 Å². The molecule has 3 N–H and O–H groups in total. The van der Waals surface area contributed by atoms with Crippen LogP contribution in [0.5, 0.6) is 0 Å². The Labute approximate surface area is 107 Å². The molecule has 1 aromatic heterocycles. The number of nitrogen functional groups attached to an aromatic ring is 1. The van der Waals surface area contributed by atoms with Crippen molar-refractivity contribution in [3.8, 4) is 0 Å². The monoisotopic (exact) mass is 297 g/mol. The van der Waals surface area contributed by atoms with Crippen molar-refractivity contribution in [2.75, 3.05) is 11.1 Å². The van der Waals surface area contributed by atoms with Gasteiger partial charge < -0.3 is 11.1 Å². The molecule has 0 unspecified atom stereocenters. The average Bonchev–Trinajstić information content (AvgIpc) is 2.66. The van der Waals surface area contributed by atoms with Gasteiger partial charge in [-0.05, 0) is 24.6 Å². The zero-order valence-corrected chi connectivity index (χ0v) is 11.2. The summed E-state index contributed by atoms with van der Waals surface area (Å²) in [6.45, 7) is 2.76. The Balaban J connectivity index is 2.02. The van der Waals surface area contributed by atoms with E-state index in [2.05, 4.69) is 51.4 Å². The first-order valence-electron chi connectivity index (χ1n) is 4.85. The Kier molecular flexibility index (Phi) is 3.46. The van der Waals surface area contributed by atoms with Crippen molar-refractivity contribution >= 4 is 38.1 Å². The molecule has 0 saturated carbocycles. The average molecular weight is 298 g/mol. The van der Waals surface area contributed by atoms with Gasteiger partial charge in [-0.15, -0.1) is 11.3 Å². The lowest BCUT2D eigenvalue weighted by Gasteiger charge is -2.06. The molecule has 0 fully saturated rings. The highest BCUT2D eigenvalue weighted by molar-refractivity contribution is 9.10. The maximum atomic E-state index is 5.56. The molecule has 0 atom stereocenters. The number of halogens is 1. The number of hydrogen-bond donors (Lipinski definition) is 2. The van der Waals surface area contributed by atoms with E-state index in [0.717, 1.165) is 15.9 Å². The number of hydrogen-bond acceptors (Lipinski definition) is 4. The van der Waals surface area contributed by atoms with Gasteiger partial charge in [-0.2, -0.15) is 0 Å². The number of aryl methyl sites for hydroxylation is 1. The summed E-state index contributed by atoms with van der Waals surface area (Å²) in [6.07, 6.45) is 0. The number of rotatable bonds is 3. The molecule has 0 saturated heterocycles. The van der Waals surface area contributed by atoms with Gasteiger partial charge in [0.25, 0.3) is 0 Å². The molecule has 2 rings (SSSR count). The number of nitrogens with two attached hydrogens (primary N) is 1. The van der Waals surface area contributed by atoms with Crippen molar-refractivity contribution in [3.05, 3.63) is 39.3 Å². The van der Waals surface area contributed by atoms with Crippen molar-refractivity contribution in [2.45, 2.75) is 13.5 Å². The third-order valence-corrected chi connectivity index (χ3v) is 3.79. The maximum Gasteiger partial charge on any atom is 0.180 e. The van der Waals surface area contributed by atoms with Crippen molar-refractivity contribution in [1.82, 2.24) is 4.98 Å². The predicted octanol–water partition coefficient (Wildman–Crippen LogP) is 3.41. The molecule has 1 aromatic carbocycles. The summed E-state index contributed by atoms with van der Waals surface area (Å²) in [6, 6.07) is 6.18. The molecule has 0 spiro atoms. The highest BCUT2D eigenvalue weighted by atomic mass is 79.9. The van der Waals surface area contributed by atoms with E-state index >= 15 is 0 Å². The molecule has 0 amide bonds. The lowest BCUT2D eigenvalue weighted by molar-refractivity contribution is 1.08. The van der Waals surface area contributed by atoms with E-state index in [9.17, 15) is 0 Å². The third-order valence-electron chi connectivity index (χ3n) is 2.21. The van der Waals surface area contributed by atoms with Crippen LogP contribution in [0, 0.1) is 6.92 Å². The molecular formula is C11H12BrN3S. The first-order valence-corrected chi connectivity index (χ1v) is 6.52. The summed E-state index contributed by atoms with van der Waals surface area (Å²) in [5.74, 6) is 0. The number of aromatic nitrogens is 1. The fourth-order valence-electron chi connectivity index (χ4n) is 1.30. The van der Waals surface area contributed by atoms with Crippen LogP contribution in [0.25, 0.3) is 0 Å². The number of nitrogens with one attached hydrogen (secondary N) is 1. The second-order valence-electron chi connectivity index (χ2n) is 3.49. The summed E-state index contributed by atoms with van der Waals surface area (Å²) < 4.78 is 1.11. The van der Waals surface area contributed by atoms with E-state index in [1.54, 1.807) is 0 Å². The van der Waals surface area contributed by atoms with E-state index in [-0.39, 0.29) is 0 Å². The second kappa shape index (κ2) is 4.84. The minimum Gasteiger partial charge on any atom is -0.379 e. The molecule has 0 radical (unpaired) electrons. The largest absolute Gasteiger partial charge is 0.379 e. The van der Waals surface area contributed by atoms with Crippen molar-refractivity contribution < 1.29 is 0 Å². The van der Waals surface area contributed by atoms with Crippen LogP contribution in [0.4, 0.5) is 10.8 Å². The molecule has 0 aliphatic heterocycles. The molecular weight excluding hydrogens is 286 g/mol. The standard InChI is InChI=1S/C11H12BrN3S/c1-7-2-3-8(4-10(7)12)14-5-9-6-16-11(13)15-9/h2-4,6,14H,5H2,1H3,(H2,13,15). The number of thiazole rings is 1. The zero-order valence-electron chi connectivity index (χ0n) is 8.83. The summed E-state index contributed by atoms with van der Waals surface area (Å²) >= 11 is 4.97. The van der Waals surface area contributed by atoms with Crippen LogP contribution in [0.3, 0.4) is 0 Å². The smallest absolute Gasteiger partial charge is 0.180 e. The number of anilines is 2. The predicted molar refractivity (Wildman–Crippen MR) is 72.7 cm³/mol. The summed E-state index contributed by atoms with van der Waals surface area (Å²) in [5.41, 5.74) is 8.83. The van der Waals surface area contributed by atoms with Crippen molar-refractivity contribution in [1.29, 1.82) is 0 Å². The Morgan fingerprint density at radius 1 is 1.50 bits per heavy atom. The van der Waals surface area contributed by atoms with Crippen LogP contribution >= 0.6 is 27.3 Å². The molecule has 0 aliphatic carbocycles. The third kappa shape index (κ3) is 2.74. The molecule has 0 aliphatic rings. The highest BCUT2D eigenvalue weighted by Gasteiger charge is 2.00. The van der Waals surface area contributed by atoms with E-state index in [4.69, 9.17) is 5.73 Å². The first kappa shape index (κ1) is 11.4. The van der Waals surface area contributed by atoms with E-state index in [0.29, 0.717) is 11.7 Å². The molecule has 5 heteroatoms. The fraction of sp³-hybridized carbons (Fsp3) is 0.182. The van der Waals surface area contributed by atoms with Crippen LogP contribution in [0.15, 0.2) is 28.1 Å². The number of benzene rings is 1. The Morgan fingerprint density at radius 2 is 2.31 bits per heavy atom. The lowest BCUT2D eigenvalue weighted by atomic mass is 10.2. The van der Waals surface area contributed by atoms with Gasteiger partial charge >= 0.3 is 0 Å². The van der Waals surface area contributed by atoms with Crippen molar-refractivity contribution in [2.24, 2.45) is 0 Å². The topological polar surface area (TPSA) is 50.9 Å². The van der Waals surface area contributed by atoms with Crippen LogP contribution in [-0.2, 0) is 6.54 Å². The summed E-state index contributed by atoms with van der Waals surface area (Å²) in [4.78, 5) is 4.19. The van der Waals surface area contributed by atoms with Crippen LogP contribution in [0.2, 0.25) is 0 Å². The Morgan fingerprint density at radius 3 is 2.94 bits per heavy atom. The lowest BCUT2D eigenvalue weighted by Crippen LogP contribution is -2.00. The normalized spacial score (nSPS) is 10.4. The highest BCUT2D eigenvalue weighted by Crippen LogP contribution is 2.21. The second-order valence-corrected chi connectivity index (χ2v) is 5.24. The van der Waals surface area contributed by atoms with Gasteiger partial charge in [-0.1, -0.05) is 22.0 Å². The van der Waals surface area contributed by atoms with Crippen LogP contribution in [0.1, 0.15) is 11.3 Å². The van der Waals surface area contributed by atoms with Gasteiger partial charge in [0, 0.05) is 15.5 Å². The quantitative estimate of drug-likeness (QED) is 0.913. The fourth-order valence-corrected chi connectivity index (χ4v) is 2.24. The van der Waals surface area contributed by atoms with Gasteiger partial charge in [0.05, 0.1) is 12.2 Å². The van der Waals surface area contributed by atoms with Gasteiger partial charge in [0.15, 0.2) is 5.13 Å². The molecule has 3 nitrogen and oxygen atoms in total. The minimum absolute atomic E-state index is 0.613. The van der Waals surface area contributed by atoms with Gasteiger partial charge in [-0.3, -0.25) is 0 Å². The van der Waals surface area contributed by atoms with Crippen LogP contribution < -0.4 is 11.1 Å². The summed E-state index contributed by atoms with van der Waals surface area (Å²) in [5, 5.41) is 5.88. The molecule has 0 bridgehead atoms. The number of nitrogens with zero attached hydrogens (tertiary/aromatic N) is 1. The maximum absolute atomic E-state index is 5.56. The Hall–Kier alpha value is -1.07. The SMILES string of the molecule is Cc1ccc(NCc2csc(N)n2)cc1Br. The zero-order chi connectivity index (χ0) is 11.5. The van der Waals surface area contributed by atoms with E-state index < -0.39 is 0 Å². The van der Waals surface area contributed by atoms with Gasteiger partial charge in [0.2, 0.25) is 0 Å².